The van der Waals surface area contributed by atoms with E-state index >= 15 is 0 Å². The van der Waals surface area contributed by atoms with Crippen LogP contribution >= 0.6 is 15.9 Å². The summed E-state index contributed by atoms with van der Waals surface area (Å²) in [5.74, 6) is 0. The largest absolute Gasteiger partial charge is 0.391 e. The summed E-state index contributed by atoms with van der Waals surface area (Å²) < 4.78 is 1.02. The molecule has 0 saturated carbocycles. The van der Waals surface area contributed by atoms with E-state index in [9.17, 15) is 5.11 Å². The van der Waals surface area contributed by atoms with Crippen LogP contribution in [0.3, 0.4) is 0 Å². The normalized spacial score (nSPS) is 15.4. The van der Waals surface area contributed by atoms with E-state index in [1.54, 1.807) is 6.92 Å². The van der Waals surface area contributed by atoms with Gasteiger partial charge in [0, 0.05) is 10.9 Å². The number of hydrogen-bond acceptors (Lipinski definition) is 2. The van der Waals surface area contributed by atoms with Crippen molar-refractivity contribution >= 4 is 15.9 Å². The van der Waals surface area contributed by atoms with Gasteiger partial charge in [-0.2, -0.15) is 0 Å². The Balaban J connectivity index is 2.59. The molecule has 0 saturated heterocycles. The number of benzene rings is 1. The molecule has 2 nitrogen and oxygen atoms in total. The van der Waals surface area contributed by atoms with Gasteiger partial charge in [-0.05, 0) is 24.6 Å². The van der Waals surface area contributed by atoms with Crippen LogP contribution in [0.2, 0.25) is 0 Å². The lowest BCUT2D eigenvalue weighted by Gasteiger charge is -2.13. The first-order chi connectivity index (χ1) is 6.09. The topological polar surface area (TPSA) is 40.5 Å². The van der Waals surface area contributed by atoms with E-state index < -0.39 is 12.2 Å². The van der Waals surface area contributed by atoms with Crippen molar-refractivity contribution in [1.29, 1.82) is 0 Å². The predicted octanol–water partition coefficient (Wildman–Crippen LogP) is 1.73. The van der Waals surface area contributed by atoms with E-state index in [-0.39, 0.29) is 0 Å². The van der Waals surface area contributed by atoms with Gasteiger partial charge in [0.2, 0.25) is 0 Å². The molecule has 0 amide bonds. The molecule has 1 aromatic rings. The van der Waals surface area contributed by atoms with E-state index in [1.807, 2.05) is 24.3 Å². The molecule has 0 radical (unpaired) electrons. The summed E-state index contributed by atoms with van der Waals surface area (Å²) in [6, 6.07) is 7.69. The second kappa shape index (κ2) is 4.74. The molecular formula is C10H13BrO2. The van der Waals surface area contributed by atoms with Crippen molar-refractivity contribution in [3.8, 4) is 0 Å². The van der Waals surface area contributed by atoms with Gasteiger partial charge < -0.3 is 10.2 Å². The molecule has 0 aliphatic heterocycles. The van der Waals surface area contributed by atoms with Gasteiger partial charge in [0.15, 0.2) is 0 Å². The number of aliphatic hydroxyl groups is 2. The zero-order valence-electron chi connectivity index (χ0n) is 7.44. The second-order valence-corrected chi connectivity index (χ2v) is 4.05. The summed E-state index contributed by atoms with van der Waals surface area (Å²) in [5, 5.41) is 18.5. The first kappa shape index (κ1) is 10.7. The molecule has 0 aromatic heterocycles. The van der Waals surface area contributed by atoms with Crippen LogP contribution in [0.5, 0.6) is 0 Å². The van der Waals surface area contributed by atoms with Gasteiger partial charge >= 0.3 is 0 Å². The molecule has 2 atom stereocenters. The third-order valence-electron chi connectivity index (χ3n) is 1.91. The Hall–Kier alpha value is -0.380. The molecule has 1 rings (SSSR count). The fourth-order valence-corrected chi connectivity index (χ4v) is 1.30. The summed E-state index contributed by atoms with van der Waals surface area (Å²) in [6.45, 7) is 1.59. The molecular weight excluding hydrogens is 232 g/mol. The van der Waals surface area contributed by atoms with Crippen molar-refractivity contribution in [3.05, 3.63) is 34.3 Å². The van der Waals surface area contributed by atoms with Crippen LogP contribution in [0.4, 0.5) is 0 Å². The van der Waals surface area contributed by atoms with Crippen LogP contribution in [0.15, 0.2) is 28.7 Å². The highest BCUT2D eigenvalue weighted by atomic mass is 79.9. The van der Waals surface area contributed by atoms with Gasteiger partial charge in [-0.15, -0.1) is 0 Å². The molecule has 0 aliphatic carbocycles. The van der Waals surface area contributed by atoms with E-state index in [0.29, 0.717) is 6.42 Å². The van der Waals surface area contributed by atoms with Gasteiger partial charge in [0.25, 0.3) is 0 Å². The average Bonchev–Trinajstić information content (AvgIpc) is 2.08. The highest BCUT2D eigenvalue weighted by molar-refractivity contribution is 9.10. The SMILES string of the molecule is CC(O)C(O)Cc1ccc(Br)cc1. The fraction of sp³-hybridized carbons (Fsp3) is 0.400. The standard InChI is InChI=1S/C10H13BrO2/c1-7(12)10(13)6-8-2-4-9(11)5-3-8/h2-5,7,10,12-13H,6H2,1H3. The third-order valence-corrected chi connectivity index (χ3v) is 2.44. The van der Waals surface area contributed by atoms with Crippen molar-refractivity contribution in [2.45, 2.75) is 25.6 Å². The Bertz CT molecular complexity index is 256. The molecule has 0 fully saturated rings. The fourth-order valence-electron chi connectivity index (χ4n) is 1.03. The molecule has 3 heteroatoms. The highest BCUT2D eigenvalue weighted by Crippen LogP contribution is 2.12. The summed E-state index contributed by atoms with van der Waals surface area (Å²) in [6.07, 6.45) is -0.866. The van der Waals surface area contributed by atoms with Crippen LogP contribution in [0.1, 0.15) is 12.5 Å². The summed E-state index contributed by atoms with van der Waals surface area (Å²) >= 11 is 3.33. The number of aliphatic hydroxyl groups excluding tert-OH is 2. The summed E-state index contributed by atoms with van der Waals surface area (Å²) in [5.41, 5.74) is 1.02. The van der Waals surface area contributed by atoms with E-state index in [0.717, 1.165) is 10.0 Å². The number of hydrogen-bond donors (Lipinski definition) is 2. The monoisotopic (exact) mass is 244 g/mol. The second-order valence-electron chi connectivity index (χ2n) is 3.14. The van der Waals surface area contributed by atoms with Gasteiger partial charge in [-0.3, -0.25) is 0 Å². The molecule has 0 heterocycles. The van der Waals surface area contributed by atoms with Crippen molar-refractivity contribution in [1.82, 2.24) is 0 Å². The Morgan fingerprint density at radius 1 is 1.23 bits per heavy atom. The first-order valence-corrected chi connectivity index (χ1v) is 4.99. The Morgan fingerprint density at radius 3 is 2.23 bits per heavy atom. The third kappa shape index (κ3) is 3.46. The minimum absolute atomic E-state index is 0.491. The zero-order chi connectivity index (χ0) is 9.84. The maximum absolute atomic E-state index is 9.39. The predicted molar refractivity (Wildman–Crippen MR) is 55.5 cm³/mol. The highest BCUT2D eigenvalue weighted by Gasteiger charge is 2.10. The van der Waals surface area contributed by atoms with Crippen molar-refractivity contribution < 1.29 is 10.2 Å². The number of rotatable bonds is 3. The smallest absolute Gasteiger partial charge is 0.0836 e. The quantitative estimate of drug-likeness (QED) is 0.851. The lowest BCUT2D eigenvalue weighted by atomic mass is 10.1. The van der Waals surface area contributed by atoms with Crippen LogP contribution in [-0.2, 0) is 6.42 Å². The van der Waals surface area contributed by atoms with Crippen LogP contribution < -0.4 is 0 Å². The van der Waals surface area contributed by atoms with Gasteiger partial charge in [-0.25, -0.2) is 0 Å². The zero-order valence-corrected chi connectivity index (χ0v) is 9.03. The van der Waals surface area contributed by atoms with Gasteiger partial charge in [0.05, 0.1) is 12.2 Å². The average molecular weight is 245 g/mol. The van der Waals surface area contributed by atoms with E-state index in [4.69, 9.17) is 5.11 Å². The lowest BCUT2D eigenvalue weighted by Crippen LogP contribution is -2.24. The van der Waals surface area contributed by atoms with Crippen molar-refractivity contribution in [3.63, 3.8) is 0 Å². The minimum Gasteiger partial charge on any atom is -0.391 e. The molecule has 13 heavy (non-hydrogen) atoms. The first-order valence-electron chi connectivity index (χ1n) is 4.20. The summed E-state index contributed by atoms with van der Waals surface area (Å²) in [7, 11) is 0. The van der Waals surface area contributed by atoms with E-state index in [1.165, 1.54) is 0 Å². The molecule has 0 aliphatic rings. The van der Waals surface area contributed by atoms with Gasteiger partial charge in [-0.1, -0.05) is 28.1 Å². The van der Waals surface area contributed by atoms with E-state index in [2.05, 4.69) is 15.9 Å². The molecule has 1 aromatic carbocycles. The molecule has 0 bridgehead atoms. The minimum atomic E-state index is -0.679. The summed E-state index contributed by atoms with van der Waals surface area (Å²) in [4.78, 5) is 0. The van der Waals surface area contributed by atoms with Crippen LogP contribution in [0, 0.1) is 0 Å². The maximum Gasteiger partial charge on any atom is 0.0836 e. The Morgan fingerprint density at radius 2 is 1.77 bits per heavy atom. The Labute approximate surface area is 86.3 Å². The van der Waals surface area contributed by atoms with Crippen molar-refractivity contribution in [2.75, 3.05) is 0 Å². The molecule has 0 spiro atoms. The molecule has 2 N–H and O–H groups in total. The van der Waals surface area contributed by atoms with Gasteiger partial charge in [0.1, 0.15) is 0 Å². The number of halogens is 1. The van der Waals surface area contributed by atoms with Crippen LogP contribution in [0.25, 0.3) is 0 Å². The maximum atomic E-state index is 9.39. The van der Waals surface area contributed by atoms with Crippen molar-refractivity contribution in [2.24, 2.45) is 0 Å². The Kier molecular flexibility index (Phi) is 3.90. The van der Waals surface area contributed by atoms with Crippen LogP contribution in [-0.4, -0.2) is 22.4 Å². The molecule has 72 valence electrons. The lowest BCUT2D eigenvalue weighted by molar-refractivity contribution is 0.0319. The molecule has 2 unspecified atom stereocenters.